The van der Waals surface area contributed by atoms with Crippen LogP contribution in [-0.2, 0) is 13.1 Å². The first-order valence-electron chi connectivity index (χ1n) is 6.21. The zero-order valence-corrected chi connectivity index (χ0v) is 10.6. The van der Waals surface area contributed by atoms with E-state index in [1.165, 1.54) is 6.07 Å². The molecule has 0 aromatic heterocycles. The van der Waals surface area contributed by atoms with Crippen LogP contribution in [0.5, 0.6) is 0 Å². The van der Waals surface area contributed by atoms with Gasteiger partial charge in [0, 0.05) is 19.2 Å². The van der Waals surface area contributed by atoms with Gasteiger partial charge in [0.1, 0.15) is 11.6 Å². The highest BCUT2D eigenvalue weighted by molar-refractivity contribution is 5.89. The Morgan fingerprint density at radius 2 is 1.70 bits per heavy atom. The van der Waals surface area contributed by atoms with Crippen LogP contribution in [0.15, 0.2) is 42.5 Å². The molecule has 0 aliphatic carbocycles. The minimum Gasteiger partial charge on any atom is -0.316 e. The normalized spacial score (nSPS) is 13.2. The van der Waals surface area contributed by atoms with E-state index in [0.717, 1.165) is 23.3 Å². The number of urea groups is 1. The Morgan fingerprint density at radius 1 is 1.05 bits per heavy atom. The maximum absolute atomic E-state index is 13.5. The Kier molecular flexibility index (Phi) is 3.10. The summed E-state index contributed by atoms with van der Waals surface area (Å²) in [4.78, 5) is 13.7. The summed E-state index contributed by atoms with van der Waals surface area (Å²) in [6, 6.07) is 10.4. The number of carbonyl (C=O) groups excluding carboxylic acids is 1. The van der Waals surface area contributed by atoms with E-state index >= 15 is 0 Å². The van der Waals surface area contributed by atoms with Crippen molar-refractivity contribution in [2.45, 2.75) is 13.1 Å². The largest absolute Gasteiger partial charge is 0.322 e. The third-order valence-electron chi connectivity index (χ3n) is 3.30. The molecule has 102 valence electrons. The average Bonchev–Trinajstić information content (AvgIpc) is 2.86. The highest BCUT2D eigenvalue weighted by Gasteiger charge is 2.23. The molecule has 2 aromatic carbocycles. The third kappa shape index (κ3) is 2.34. The number of fused-ring (bicyclic) bond motifs is 1. The van der Waals surface area contributed by atoms with E-state index < -0.39 is 17.7 Å². The summed E-state index contributed by atoms with van der Waals surface area (Å²) in [5, 5.41) is 2.46. The Morgan fingerprint density at radius 3 is 2.30 bits per heavy atom. The van der Waals surface area contributed by atoms with Gasteiger partial charge in [0.2, 0.25) is 0 Å². The van der Waals surface area contributed by atoms with Crippen LogP contribution < -0.4 is 5.32 Å². The van der Waals surface area contributed by atoms with Crippen molar-refractivity contribution in [3.63, 3.8) is 0 Å². The van der Waals surface area contributed by atoms with Crippen molar-refractivity contribution in [3.8, 4) is 0 Å². The second-order valence-corrected chi connectivity index (χ2v) is 4.68. The number of benzene rings is 2. The molecule has 0 unspecified atom stereocenters. The van der Waals surface area contributed by atoms with Gasteiger partial charge in [-0.2, -0.15) is 0 Å². The second kappa shape index (κ2) is 4.92. The number of anilines is 1. The lowest BCUT2D eigenvalue weighted by Crippen LogP contribution is -2.30. The lowest BCUT2D eigenvalue weighted by molar-refractivity contribution is 0.212. The fourth-order valence-corrected chi connectivity index (χ4v) is 2.26. The minimum atomic E-state index is -0.782. The van der Waals surface area contributed by atoms with Gasteiger partial charge >= 0.3 is 6.03 Å². The van der Waals surface area contributed by atoms with Crippen molar-refractivity contribution in [2.24, 2.45) is 0 Å². The Balaban J connectivity index is 1.72. The average molecular weight is 274 g/mol. The Hall–Kier alpha value is -2.43. The van der Waals surface area contributed by atoms with Crippen LogP contribution in [0.4, 0.5) is 19.3 Å². The van der Waals surface area contributed by atoms with Crippen molar-refractivity contribution in [1.82, 2.24) is 4.90 Å². The van der Waals surface area contributed by atoms with Gasteiger partial charge in [0.25, 0.3) is 0 Å². The van der Waals surface area contributed by atoms with Crippen molar-refractivity contribution in [3.05, 3.63) is 65.2 Å². The number of amides is 2. The molecule has 0 spiro atoms. The molecule has 2 amide bonds. The van der Waals surface area contributed by atoms with Gasteiger partial charge in [-0.1, -0.05) is 24.3 Å². The maximum atomic E-state index is 13.5. The summed E-state index contributed by atoms with van der Waals surface area (Å²) in [5.74, 6) is -1.45. The predicted molar refractivity (Wildman–Crippen MR) is 71.1 cm³/mol. The zero-order valence-electron chi connectivity index (χ0n) is 10.6. The van der Waals surface area contributed by atoms with Gasteiger partial charge in [-0.15, -0.1) is 0 Å². The molecule has 0 saturated carbocycles. The van der Waals surface area contributed by atoms with Crippen LogP contribution in [0.3, 0.4) is 0 Å². The van der Waals surface area contributed by atoms with E-state index in [4.69, 9.17) is 0 Å². The van der Waals surface area contributed by atoms with Gasteiger partial charge < -0.3 is 10.2 Å². The molecule has 0 atom stereocenters. The minimum absolute atomic E-state index is 0.0210. The van der Waals surface area contributed by atoms with E-state index in [1.807, 2.05) is 24.3 Å². The molecule has 0 bridgehead atoms. The Bertz CT molecular complexity index is 648. The number of carbonyl (C=O) groups is 1. The van der Waals surface area contributed by atoms with Crippen LogP contribution in [0.2, 0.25) is 0 Å². The lowest BCUT2D eigenvalue weighted by atomic mass is 10.1. The molecule has 1 N–H and O–H groups in total. The van der Waals surface area contributed by atoms with Crippen LogP contribution >= 0.6 is 0 Å². The SMILES string of the molecule is O=C(Nc1ccc(F)cc1F)N1Cc2ccccc2C1. The quantitative estimate of drug-likeness (QED) is 0.848. The third-order valence-corrected chi connectivity index (χ3v) is 3.30. The number of halogens is 2. The molecular weight excluding hydrogens is 262 g/mol. The first-order valence-corrected chi connectivity index (χ1v) is 6.21. The van der Waals surface area contributed by atoms with Crippen LogP contribution in [0.1, 0.15) is 11.1 Å². The predicted octanol–water partition coefficient (Wildman–Crippen LogP) is 3.51. The molecular formula is C15H12F2N2O. The van der Waals surface area contributed by atoms with Crippen molar-refractivity contribution in [2.75, 3.05) is 5.32 Å². The second-order valence-electron chi connectivity index (χ2n) is 4.68. The summed E-state index contributed by atoms with van der Waals surface area (Å²) < 4.78 is 26.3. The van der Waals surface area contributed by atoms with Crippen molar-refractivity contribution >= 4 is 11.7 Å². The number of rotatable bonds is 1. The van der Waals surface area contributed by atoms with E-state index in [1.54, 1.807) is 4.90 Å². The Labute approximate surface area is 114 Å². The van der Waals surface area contributed by atoms with E-state index in [9.17, 15) is 13.6 Å². The molecule has 0 radical (unpaired) electrons. The lowest BCUT2D eigenvalue weighted by Gasteiger charge is -2.16. The molecule has 1 heterocycles. The topological polar surface area (TPSA) is 32.3 Å². The molecule has 5 heteroatoms. The molecule has 1 aliphatic rings. The molecule has 1 aliphatic heterocycles. The highest BCUT2D eigenvalue weighted by Crippen LogP contribution is 2.23. The van der Waals surface area contributed by atoms with Gasteiger partial charge in [0.05, 0.1) is 5.69 Å². The van der Waals surface area contributed by atoms with E-state index in [-0.39, 0.29) is 5.69 Å². The standard InChI is InChI=1S/C15H12F2N2O/c16-12-5-6-14(13(17)7-12)18-15(20)19-8-10-3-1-2-4-11(10)9-19/h1-7H,8-9H2,(H,18,20). The molecule has 3 rings (SSSR count). The van der Waals surface area contributed by atoms with Crippen molar-refractivity contribution < 1.29 is 13.6 Å². The highest BCUT2D eigenvalue weighted by atomic mass is 19.1. The smallest absolute Gasteiger partial charge is 0.316 e. The summed E-state index contributed by atoms with van der Waals surface area (Å²) in [7, 11) is 0. The van der Waals surface area contributed by atoms with E-state index in [0.29, 0.717) is 13.1 Å². The summed E-state index contributed by atoms with van der Waals surface area (Å²) >= 11 is 0. The van der Waals surface area contributed by atoms with Gasteiger partial charge in [-0.05, 0) is 23.3 Å². The first kappa shape index (κ1) is 12.6. The molecule has 3 nitrogen and oxygen atoms in total. The van der Waals surface area contributed by atoms with Gasteiger partial charge in [-0.3, -0.25) is 0 Å². The summed E-state index contributed by atoms with van der Waals surface area (Å²) in [6.45, 7) is 0.982. The summed E-state index contributed by atoms with van der Waals surface area (Å²) in [6.07, 6.45) is 0. The molecule has 20 heavy (non-hydrogen) atoms. The number of hydrogen-bond donors (Lipinski definition) is 1. The summed E-state index contributed by atoms with van der Waals surface area (Å²) in [5.41, 5.74) is 2.15. The maximum Gasteiger partial charge on any atom is 0.322 e. The molecule has 2 aromatic rings. The van der Waals surface area contributed by atoms with Gasteiger partial charge in [0.15, 0.2) is 0 Å². The molecule has 0 saturated heterocycles. The van der Waals surface area contributed by atoms with E-state index in [2.05, 4.69) is 5.32 Å². The fourth-order valence-electron chi connectivity index (χ4n) is 2.26. The van der Waals surface area contributed by atoms with Gasteiger partial charge in [-0.25, -0.2) is 13.6 Å². The van der Waals surface area contributed by atoms with Crippen LogP contribution in [0.25, 0.3) is 0 Å². The van der Waals surface area contributed by atoms with Crippen molar-refractivity contribution in [1.29, 1.82) is 0 Å². The number of nitrogens with one attached hydrogen (secondary N) is 1. The van der Waals surface area contributed by atoms with Crippen LogP contribution in [0, 0.1) is 11.6 Å². The first-order chi connectivity index (χ1) is 9.63. The number of hydrogen-bond acceptors (Lipinski definition) is 1. The molecule has 0 fully saturated rings. The fraction of sp³-hybridized carbons (Fsp3) is 0.133. The monoisotopic (exact) mass is 274 g/mol. The number of nitrogens with zero attached hydrogens (tertiary/aromatic N) is 1. The van der Waals surface area contributed by atoms with Crippen LogP contribution in [-0.4, -0.2) is 10.9 Å². The zero-order chi connectivity index (χ0) is 14.1.